The molecule has 4 rings (SSSR count). The van der Waals surface area contributed by atoms with Crippen LogP contribution in [0.25, 0.3) is 0 Å². The van der Waals surface area contributed by atoms with Gasteiger partial charge in [-0.3, -0.25) is 14.5 Å². The number of anilines is 1. The van der Waals surface area contributed by atoms with Crippen molar-refractivity contribution >= 4 is 28.3 Å². The molecule has 1 aromatic heterocycles. The lowest BCUT2D eigenvalue weighted by Crippen LogP contribution is -2.48. The van der Waals surface area contributed by atoms with Crippen LogP contribution in [0.4, 0.5) is 5.13 Å². The van der Waals surface area contributed by atoms with E-state index in [9.17, 15) is 9.59 Å². The summed E-state index contributed by atoms with van der Waals surface area (Å²) >= 11 is 1.51. The molecule has 0 spiro atoms. The number of thiazole rings is 1. The van der Waals surface area contributed by atoms with Gasteiger partial charge in [0.05, 0.1) is 18.2 Å². The molecule has 1 aliphatic carbocycles. The predicted molar refractivity (Wildman–Crippen MR) is 121 cm³/mol. The number of aryl methyl sites for hydroxylation is 2. The maximum Gasteiger partial charge on any atom is 0.240 e. The molecule has 6 nitrogen and oxygen atoms in total. The number of nitrogens with one attached hydrogen (secondary N) is 1. The Balaban J connectivity index is 1.34. The molecule has 2 saturated heterocycles. The third-order valence-electron chi connectivity index (χ3n) is 7.19. The number of nitrogens with zero attached hydrogens (tertiary/aromatic N) is 3. The highest BCUT2D eigenvalue weighted by molar-refractivity contribution is 7.15. The lowest BCUT2D eigenvalue weighted by atomic mass is 9.65. The standard InChI is InChI=1S/C23H36N4O2S/c1-15-16(2)30-21(24-15)25-19(28)12-26-8-6-7-17(11-26)20(29)27-14-23(5)10-18(27)9-22(3,4)13-23/h17-18H,6-14H2,1-5H3,(H,24,25,28). The molecule has 3 unspecified atom stereocenters. The largest absolute Gasteiger partial charge is 0.339 e. The molecule has 3 atom stereocenters. The van der Waals surface area contributed by atoms with E-state index in [1.165, 1.54) is 17.8 Å². The van der Waals surface area contributed by atoms with Crippen molar-refractivity contribution in [3.63, 3.8) is 0 Å². The molecule has 30 heavy (non-hydrogen) atoms. The number of piperidine rings is 1. The van der Waals surface area contributed by atoms with Crippen LogP contribution in [0.1, 0.15) is 63.4 Å². The molecule has 3 heterocycles. The topological polar surface area (TPSA) is 65.5 Å². The van der Waals surface area contributed by atoms with Gasteiger partial charge in [0.25, 0.3) is 0 Å². The number of carbonyl (C=O) groups excluding carboxylic acids is 2. The van der Waals surface area contributed by atoms with Gasteiger partial charge in [-0.2, -0.15) is 0 Å². The van der Waals surface area contributed by atoms with Gasteiger partial charge in [0, 0.05) is 24.0 Å². The number of fused-ring (bicyclic) bond motifs is 2. The van der Waals surface area contributed by atoms with E-state index in [1.54, 1.807) is 0 Å². The number of rotatable bonds is 4. The van der Waals surface area contributed by atoms with Crippen molar-refractivity contribution < 1.29 is 9.59 Å². The molecule has 0 radical (unpaired) electrons. The molecule has 2 bridgehead atoms. The van der Waals surface area contributed by atoms with Crippen molar-refractivity contribution in [1.82, 2.24) is 14.8 Å². The maximum atomic E-state index is 13.4. The predicted octanol–water partition coefficient (Wildman–Crippen LogP) is 3.84. The average molecular weight is 433 g/mol. The highest BCUT2D eigenvalue weighted by Crippen LogP contribution is 2.52. The molecular weight excluding hydrogens is 396 g/mol. The highest BCUT2D eigenvalue weighted by atomic mass is 32.1. The van der Waals surface area contributed by atoms with E-state index in [0.29, 0.717) is 35.6 Å². The second kappa shape index (κ2) is 7.90. The minimum Gasteiger partial charge on any atom is -0.339 e. The fourth-order valence-corrected chi connectivity index (χ4v) is 7.07. The molecule has 1 saturated carbocycles. The van der Waals surface area contributed by atoms with Gasteiger partial charge in [-0.25, -0.2) is 4.98 Å². The van der Waals surface area contributed by atoms with Crippen LogP contribution in [0.5, 0.6) is 0 Å². The van der Waals surface area contributed by atoms with Gasteiger partial charge in [-0.1, -0.05) is 20.8 Å². The van der Waals surface area contributed by atoms with Gasteiger partial charge in [0.2, 0.25) is 11.8 Å². The fourth-order valence-electron chi connectivity index (χ4n) is 6.24. The number of hydrogen-bond acceptors (Lipinski definition) is 5. The van der Waals surface area contributed by atoms with Crippen molar-refractivity contribution in [2.45, 2.75) is 72.8 Å². The van der Waals surface area contributed by atoms with Gasteiger partial charge >= 0.3 is 0 Å². The third-order valence-corrected chi connectivity index (χ3v) is 8.18. The van der Waals surface area contributed by atoms with E-state index < -0.39 is 0 Å². The van der Waals surface area contributed by atoms with Crippen molar-refractivity contribution in [3.8, 4) is 0 Å². The first-order valence-corrected chi connectivity index (χ1v) is 12.1. The van der Waals surface area contributed by atoms with E-state index in [1.807, 2.05) is 13.8 Å². The van der Waals surface area contributed by atoms with Crippen LogP contribution in [0.3, 0.4) is 0 Å². The van der Waals surface area contributed by atoms with E-state index in [0.717, 1.165) is 49.3 Å². The van der Waals surface area contributed by atoms with E-state index >= 15 is 0 Å². The summed E-state index contributed by atoms with van der Waals surface area (Å²) in [6.45, 7) is 13.8. The van der Waals surface area contributed by atoms with Crippen molar-refractivity contribution in [1.29, 1.82) is 0 Å². The van der Waals surface area contributed by atoms with E-state index in [-0.39, 0.29) is 17.2 Å². The quantitative estimate of drug-likeness (QED) is 0.785. The Hall–Kier alpha value is -1.47. The zero-order valence-electron chi connectivity index (χ0n) is 19.1. The smallest absolute Gasteiger partial charge is 0.240 e. The molecule has 0 aromatic carbocycles. The normalized spacial score (nSPS) is 31.0. The minimum atomic E-state index is -0.0388. The number of amides is 2. The zero-order valence-corrected chi connectivity index (χ0v) is 19.9. The number of aromatic nitrogens is 1. The number of likely N-dealkylation sites (tertiary alicyclic amines) is 2. The summed E-state index contributed by atoms with van der Waals surface area (Å²) in [6.07, 6.45) is 5.37. The summed E-state index contributed by atoms with van der Waals surface area (Å²) in [5, 5.41) is 3.59. The van der Waals surface area contributed by atoms with E-state index in [2.05, 4.69) is 40.9 Å². The Morgan fingerprint density at radius 2 is 2.00 bits per heavy atom. The van der Waals surface area contributed by atoms with Crippen LogP contribution in [-0.4, -0.2) is 58.8 Å². The van der Waals surface area contributed by atoms with Crippen molar-refractivity contribution in [2.24, 2.45) is 16.7 Å². The van der Waals surface area contributed by atoms with Gasteiger partial charge in [0.15, 0.2) is 5.13 Å². The third kappa shape index (κ3) is 4.57. The Labute approximate surface area is 184 Å². The summed E-state index contributed by atoms with van der Waals surface area (Å²) < 4.78 is 0. The molecule has 7 heteroatoms. The first-order chi connectivity index (χ1) is 14.0. The van der Waals surface area contributed by atoms with Crippen LogP contribution in [-0.2, 0) is 9.59 Å². The molecule has 2 amide bonds. The van der Waals surface area contributed by atoms with E-state index in [4.69, 9.17) is 0 Å². The molecule has 166 valence electrons. The van der Waals surface area contributed by atoms with Crippen molar-refractivity contribution in [3.05, 3.63) is 10.6 Å². The Bertz CT molecular complexity index is 816. The fraction of sp³-hybridized carbons (Fsp3) is 0.783. The van der Waals surface area contributed by atoms with Crippen molar-refractivity contribution in [2.75, 3.05) is 31.5 Å². The van der Waals surface area contributed by atoms with Crippen LogP contribution < -0.4 is 5.32 Å². The Morgan fingerprint density at radius 1 is 1.23 bits per heavy atom. The van der Waals surface area contributed by atoms with Crippen LogP contribution >= 0.6 is 11.3 Å². The first-order valence-electron chi connectivity index (χ1n) is 11.3. The molecule has 3 fully saturated rings. The maximum absolute atomic E-state index is 13.4. The van der Waals surface area contributed by atoms with Gasteiger partial charge < -0.3 is 10.2 Å². The SMILES string of the molecule is Cc1nc(NC(=O)CN2CCCC(C(=O)N3CC4(C)CC3CC(C)(C)C4)C2)sc1C. The number of carbonyl (C=O) groups is 2. The molecule has 1 N–H and O–H groups in total. The lowest BCUT2D eigenvalue weighted by molar-refractivity contribution is -0.139. The zero-order chi connectivity index (χ0) is 21.7. The van der Waals surface area contributed by atoms with Gasteiger partial charge in [0.1, 0.15) is 0 Å². The van der Waals surface area contributed by atoms with Crippen LogP contribution in [0, 0.1) is 30.6 Å². The number of hydrogen-bond donors (Lipinski definition) is 1. The first kappa shape index (κ1) is 21.8. The monoisotopic (exact) mass is 432 g/mol. The average Bonchev–Trinajstić information content (AvgIpc) is 3.08. The lowest BCUT2D eigenvalue weighted by Gasteiger charge is -2.40. The van der Waals surface area contributed by atoms with Gasteiger partial charge in [-0.05, 0) is 63.3 Å². The second-order valence-corrected chi connectivity index (χ2v) is 12.2. The second-order valence-electron chi connectivity index (χ2n) is 11.0. The summed E-state index contributed by atoms with van der Waals surface area (Å²) in [4.78, 5) is 35.8. The van der Waals surface area contributed by atoms with Gasteiger partial charge in [-0.15, -0.1) is 11.3 Å². The van der Waals surface area contributed by atoms with Crippen LogP contribution in [0.2, 0.25) is 0 Å². The molecule has 3 aliphatic rings. The summed E-state index contributed by atoms with van der Waals surface area (Å²) in [5.74, 6) is 0.294. The summed E-state index contributed by atoms with van der Waals surface area (Å²) in [7, 11) is 0. The Kier molecular flexibility index (Phi) is 5.73. The molecule has 2 aliphatic heterocycles. The molecule has 1 aromatic rings. The summed E-state index contributed by atoms with van der Waals surface area (Å²) in [5.41, 5.74) is 1.54. The molecular formula is C23H36N4O2S. The summed E-state index contributed by atoms with van der Waals surface area (Å²) in [6, 6.07) is 0.390. The Morgan fingerprint density at radius 3 is 2.70 bits per heavy atom. The highest BCUT2D eigenvalue weighted by Gasteiger charge is 2.51. The minimum absolute atomic E-state index is 0.0157. The van der Waals surface area contributed by atoms with Crippen LogP contribution in [0.15, 0.2) is 0 Å².